The smallest absolute Gasteiger partial charge is 0.332 e. The van der Waals surface area contributed by atoms with Crippen molar-refractivity contribution in [3.63, 3.8) is 0 Å². The van der Waals surface area contributed by atoms with Crippen LogP contribution in [0.25, 0.3) is 0 Å². The molecule has 0 radical (unpaired) electrons. The lowest BCUT2D eigenvalue weighted by molar-refractivity contribution is -0.149. The molecule has 0 aliphatic carbocycles. The average molecular weight is 240 g/mol. The second-order valence-corrected chi connectivity index (χ2v) is 4.44. The molecule has 1 aliphatic heterocycles. The highest BCUT2D eigenvalue weighted by molar-refractivity contribution is 5.70. The summed E-state index contributed by atoms with van der Waals surface area (Å²) in [5.41, 5.74) is 0. The second-order valence-electron chi connectivity index (χ2n) is 4.44. The number of hydrogen-bond donors (Lipinski definition) is 0. The van der Waals surface area contributed by atoms with Gasteiger partial charge in [-0.15, -0.1) is 0 Å². The molecule has 0 bridgehead atoms. The lowest BCUT2D eigenvalue weighted by atomic mass is 10.1. The maximum absolute atomic E-state index is 11.2. The molecule has 1 rings (SSSR count). The summed E-state index contributed by atoms with van der Waals surface area (Å²) in [6.07, 6.45) is 13.7. The summed E-state index contributed by atoms with van der Waals surface area (Å²) in [6.45, 7) is 1.24. The van der Waals surface area contributed by atoms with Crippen molar-refractivity contribution in [1.29, 1.82) is 0 Å². The number of carbonyl (C=O) groups excluding carboxylic acids is 1. The molecule has 3 heteroatoms. The fraction of sp³-hybridized carbons (Fsp3) is 0.786. The van der Waals surface area contributed by atoms with Crippen molar-refractivity contribution < 1.29 is 14.3 Å². The number of esters is 1. The average Bonchev–Trinajstić information content (AvgIpc) is 2.32. The maximum Gasteiger partial charge on any atom is 0.332 e. The predicted molar refractivity (Wildman–Crippen MR) is 67.9 cm³/mol. The molecule has 0 fully saturated rings. The Hall–Kier alpha value is -0.830. The minimum atomic E-state index is -0.235. The summed E-state index contributed by atoms with van der Waals surface area (Å²) < 4.78 is 10.3. The highest BCUT2D eigenvalue weighted by atomic mass is 16.6. The zero-order valence-electron chi connectivity index (χ0n) is 10.7. The van der Waals surface area contributed by atoms with E-state index in [1.807, 2.05) is 0 Å². The largest absolute Gasteiger partial charge is 0.464 e. The molecule has 0 saturated heterocycles. The number of carbonyl (C=O) groups is 1. The van der Waals surface area contributed by atoms with E-state index in [4.69, 9.17) is 9.47 Å². The van der Waals surface area contributed by atoms with Crippen molar-refractivity contribution >= 4 is 5.97 Å². The first-order chi connectivity index (χ1) is 8.39. The van der Waals surface area contributed by atoms with Gasteiger partial charge in [0.25, 0.3) is 0 Å². The quantitative estimate of drug-likeness (QED) is 0.481. The standard InChI is InChI=1S/C14H24O3/c15-14-13-16-11-9-7-5-3-1-2-4-6-8-10-12-17-14/h5,7H,1-4,6,8-13H2/b7-5+. The minimum Gasteiger partial charge on any atom is -0.464 e. The predicted octanol–water partition coefficient (Wildman–Crippen LogP) is 3.24. The summed E-state index contributed by atoms with van der Waals surface area (Å²) in [5, 5.41) is 0. The summed E-state index contributed by atoms with van der Waals surface area (Å²) in [6, 6.07) is 0. The molecule has 0 aromatic carbocycles. The third-order valence-electron chi connectivity index (χ3n) is 2.84. The Morgan fingerprint density at radius 2 is 1.53 bits per heavy atom. The molecule has 98 valence electrons. The van der Waals surface area contributed by atoms with Crippen LogP contribution < -0.4 is 0 Å². The molecule has 0 amide bonds. The summed E-state index contributed by atoms with van der Waals surface area (Å²) in [7, 11) is 0. The Bertz CT molecular complexity index is 224. The Kier molecular flexibility index (Phi) is 8.65. The molecule has 0 saturated carbocycles. The number of allylic oxidation sites excluding steroid dienone is 1. The van der Waals surface area contributed by atoms with Crippen LogP contribution in [0.15, 0.2) is 12.2 Å². The minimum absolute atomic E-state index is 0.0911. The Morgan fingerprint density at radius 3 is 2.41 bits per heavy atom. The van der Waals surface area contributed by atoms with Crippen molar-refractivity contribution in [2.24, 2.45) is 0 Å². The molecule has 0 N–H and O–H groups in total. The van der Waals surface area contributed by atoms with Gasteiger partial charge in [0.05, 0.1) is 13.2 Å². The van der Waals surface area contributed by atoms with Crippen molar-refractivity contribution in [3.05, 3.63) is 12.2 Å². The van der Waals surface area contributed by atoms with Gasteiger partial charge in [-0.3, -0.25) is 0 Å². The first-order valence-corrected chi connectivity index (χ1v) is 6.78. The lowest BCUT2D eigenvalue weighted by Crippen LogP contribution is -2.13. The van der Waals surface area contributed by atoms with Crippen LogP contribution in [-0.4, -0.2) is 25.8 Å². The highest BCUT2D eigenvalue weighted by Crippen LogP contribution is 2.08. The summed E-state index contributed by atoms with van der Waals surface area (Å²) in [5.74, 6) is -0.235. The van der Waals surface area contributed by atoms with Crippen molar-refractivity contribution in [3.8, 4) is 0 Å². The Balaban J connectivity index is 2.18. The van der Waals surface area contributed by atoms with Gasteiger partial charge in [0.15, 0.2) is 0 Å². The molecule has 0 atom stereocenters. The van der Waals surface area contributed by atoms with E-state index in [1.54, 1.807) is 0 Å². The van der Waals surface area contributed by atoms with E-state index in [-0.39, 0.29) is 12.6 Å². The van der Waals surface area contributed by atoms with E-state index < -0.39 is 0 Å². The third-order valence-corrected chi connectivity index (χ3v) is 2.84. The van der Waals surface area contributed by atoms with Crippen molar-refractivity contribution in [2.45, 2.75) is 51.4 Å². The Labute approximate surface area is 104 Å². The van der Waals surface area contributed by atoms with Crippen LogP contribution >= 0.6 is 0 Å². The van der Waals surface area contributed by atoms with E-state index in [0.717, 1.165) is 19.3 Å². The van der Waals surface area contributed by atoms with E-state index in [1.165, 1.54) is 32.1 Å². The molecule has 17 heavy (non-hydrogen) atoms. The number of rotatable bonds is 0. The van der Waals surface area contributed by atoms with Crippen LogP contribution in [0, 0.1) is 0 Å². The van der Waals surface area contributed by atoms with Gasteiger partial charge in [0.1, 0.15) is 6.61 Å². The van der Waals surface area contributed by atoms with Gasteiger partial charge < -0.3 is 9.47 Å². The van der Waals surface area contributed by atoms with Gasteiger partial charge in [-0.2, -0.15) is 0 Å². The van der Waals surface area contributed by atoms with E-state index in [2.05, 4.69) is 12.2 Å². The molecule has 0 aromatic rings. The molecular weight excluding hydrogens is 216 g/mol. The van der Waals surface area contributed by atoms with Crippen LogP contribution in [0.4, 0.5) is 0 Å². The molecule has 0 unspecified atom stereocenters. The van der Waals surface area contributed by atoms with Gasteiger partial charge in [-0.1, -0.05) is 37.8 Å². The van der Waals surface area contributed by atoms with Gasteiger partial charge in [-0.25, -0.2) is 4.79 Å². The monoisotopic (exact) mass is 240 g/mol. The number of hydrogen-bond acceptors (Lipinski definition) is 3. The van der Waals surface area contributed by atoms with Gasteiger partial charge in [-0.05, 0) is 25.7 Å². The molecule has 0 aromatic heterocycles. The highest BCUT2D eigenvalue weighted by Gasteiger charge is 2.02. The SMILES string of the molecule is O=C1COCC/C=C/CCCCCCCCO1. The molecule has 3 nitrogen and oxygen atoms in total. The van der Waals surface area contributed by atoms with Crippen molar-refractivity contribution in [1.82, 2.24) is 0 Å². The lowest BCUT2D eigenvalue weighted by Gasteiger charge is -2.06. The van der Waals surface area contributed by atoms with Crippen molar-refractivity contribution in [2.75, 3.05) is 19.8 Å². The maximum atomic E-state index is 11.2. The number of cyclic esters (lactones) is 1. The van der Waals surface area contributed by atoms with Crippen LogP contribution in [-0.2, 0) is 14.3 Å². The summed E-state index contributed by atoms with van der Waals surface area (Å²) >= 11 is 0. The van der Waals surface area contributed by atoms with Gasteiger partial charge >= 0.3 is 5.97 Å². The fourth-order valence-electron chi connectivity index (χ4n) is 1.84. The molecular formula is C14H24O3. The normalized spacial score (nSPS) is 23.9. The zero-order valence-corrected chi connectivity index (χ0v) is 10.7. The first kappa shape index (κ1) is 14.2. The van der Waals surface area contributed by atoms with Crippen LogP contribution in [0.5, 0.6) is 0 Å². The molecule has 1 heterocycles. The van der Waals surface area contributed by atoms with E-state index >= 15 is 0 Å². The van der Waals surface area contributed by atoms with Gasteiger partial charge in [0, 0.05) is 0 Å². The van der Waals surface area contributed by atoms with Crippen LogP contribution in [0.1, 0.15) is 51.4 Å². The van der Waals surface area contributed by atoms with E-state index in [9.17, 15) is 4.79 Å². The van der Waals surface area contributed by atoms with E-state index in [0.29, 0.717) is 13.2 Å². The first-order valence-electron chi connectivity index (χ1n) is 6.78. The Morgan fingerprint density at radius 1 is 0.824 bits per heavy atom. The molecule has 1 aliphatic rings. The fourth-order valence-corrected chi connectivity index (χ4v) is 1.84. The topological polar surface area (TPSA) is 35.5 Å². The second kappa shape index (κ2) is 10.3. The van der Waals surface area contributed by atoms with Gasteiger partial charge in [0.2, 0.25) is 0 Å². The van der Waals surface area contributed by atoms with Crippen LogP contribution in [0.3, 0.4) is 0 Å². The molecule has 0 spiro atoms. The van der Waals surface area contributed by atoms with Crippen LogP contribution in [0.2, 0.25) is 0 Å². The third kappa shape index (κ3) is 8.93. The summed E-state index contributed by atoms with van der Waals surface area (Å²) in [4.78, 5) is 11.2. The number of ether oxygens (including phenoxy) is 2. The zero-order chi connectivity index (χ0) is 12.2.